The average molecular weight is 179 g/mol. The van der Waals surface area contributed by atoms with Crippen molar-refractivity contribution in [2.24, 2.45) is 0 Å². The molecule has 0 aliphatic heterocycles. The zero-order chi connectivity index (χ0) is 9.52. The fourth-order valence-electron chi connectivity index (χ4n) is 1.05. The summed E-state index contributed by atoms with van der Waals surface area (Å²) in [7, 11) is 0. The number of nitrogens with zero attached hydrogens (tertiary/aromatic N) is 2. The Bertz CT molecular complexity index is 263. The van der Waals surface area contributed by atoms with Gasteiger partial charge in [-0.1, -0.05) is 6.92 Å². The molecule has 1 aromatic heterocycles. The maximum absolute atomic E-state index is 8.50. The predicted octanol–water partition coefficient (Wildman–Crippen LogP) is 1.46. The van der Waals surface area contributed by atoms with E-state index < -0.39 is 0 Å². The molecule has 1 unspecified atom stereocenters. The summed E-state index contributed by atoms with van der Waals surface area (Å²) in [6, 6.07) is 2.39. The summed E-state index contributed by atoms with van der Waals surface area (Å²) >= 11 is 0. The third-order valence-electron chi connectivity index (χ3n) is 1.88. The number of rotatable bonds is 5. The van der Waals surface area contributed by atoms with Crippen LogP contribution in [0.4, 0.5) is 0 Å². The predicted molar refractivity (Wildman–Crippen MR) is 47.7 cm³/mol. The maximum Gasteiger partial charge on any atom is 0.180 e. The van der Waals surface area contributed by atoms with E-state index in [0.29, 0.717) is 13.0 Å². The van der Waals surface area contributed by atoms with Crippen LogP contribution >= 0.6 is 0 Å². The molecule has 0 bridgehead atoms. The largest absolute Gasteiger partial charge is 0.447 e. The summed E-state index contributed by atoms with van der Waals surface area (Å²) < 4.78 is 5.05. The van der Waals surface area contributed by atoms with E-state index in [1.165, 1.54) is 6.39 Å². The van der Waals surface area contributed by atoms with E-state index in [1.54, 1.807) is 6.20 Å². The van der Waals surface area contributed by atoms with E-state index >= 15 is 0 Å². The summed E-state index contributed by atoms with van der Waals surface area (Å²) in [4.78, 5) is 3.80. The van der Waals surface area contributed by atoms with Crippen LogP contribution in [0.15, 0.2) is 17.0 Å². The third kappa shape index (κ3) is 3.26. The van der Waals surface area contributed by atoms with Crippen molar-refractivity contribution in [2.75, 3.05) is 0 Å². The Morgan fingerprint density at radius 2 is 2.62 bits per heavy atom. The summed E-state index contributed by atoms with van der Waals surface area (Å²) in [5.74, 6) is 0.802. The first-order valence-electron chi connectivity index (χ1n) is 4.34. The van der Waals surface area contributed by atoms with Gasteiger partial charge in [0.1, 0.15) is 5.76 Å². The van der Waals surface area contributed by atoms with Crippen molar-refractivity contribution in [3.8, 4) is 6.07 Å². The fourth-order valence-corrected chi connectivity index (χ4v) is 1.05. The first-order chi connectivity index (χ1) is 6.36. The molecule has 1 aromatic rings. The molecule has 70 valence electrons. The highest BCUT2D eigenvalue weighted by molar-refractivity contribution is 4.89. The Kier molecular flexibility index (Phi) is 4.00. The number of oxazole rings is 1. The summed E-state index contributed by atoms with van der Waals surface area (Å²) in [6.07, 6.45) is 4.56. The first-order valence-corrected chi connectivity index (χ1v) is 4.34. The molecule has 1 rings (SSSR count). The normalized spacial score (nSPS) is 12.3. The Balaban J connectivity index is 2.28. The van der Waals surface area contributed by atoms with E-state index in [-0.39, 0.29) is 6.04 Å². The van der Waals surface area contributed by atoms with Crippen molar-refractivity contribution in [3.63, 3.8) is 0 Å². The number of hydrogen-bond donors (Lipinski definition) is 1. The van der Waals surface area contributed by atoms with Crippen molar-refractivity contribution in [1.29, 1.82) is 5.26 Å². The molecule has 0 radical (unpaired) electrons. The van der Waals surface area contributed by atoms with Crippen LogP contribution in [0.3, 0.4) is 0 Å². The molecule has 4 heteroatoms. The molecule has 1 N–H and O–H groups in total. The molecule has 0 aliphatic carbocycles. The standard InChI is InChI=1S/C9H13N3O/c1-2-8(3-4-10)12-6-9-5-11-7-13-9/h5,7-8,12H,2-3,6H2,1H3. The second kappa shape index (κ2) is 5.33. The zero-order valence-electron chi connectivity index (χ0n) is 7.66. The van der Waals surface area contributed by atoms with Gasteiger partial charge >= 0.3 is 0 Å². The molecule has 0 fully saturated rings. The first kappa shape index (κ1) is 9.75. The van der Waals surface area contributed by atoms with Crippen LogP contribution in [0, 0.1) is 11.3 Å². The SMILES string of the molecule is CCC(CC#N)NCc1cnco1. The lowest BCUT2D eigenvalue weighted by atomic mass is 10.2. The van der Waals surface area contributed by atoms with E-state index in [9.17, 15) is 0 Å². The molecule has 13 heavy (non-hydrogen) atoms. The van der Waals surface area contributed by atoms with E-state index in [0.717, 1.165) is 12.2 Å². The van der Waals surface area contributed by atoms with Gasteiger partial charge in [-0.25, -0.2) is 4.98 Å². The second-order valence-electron chi connectivity index (χ2n) is 2.82. The van der Waals surface area contributed by atoms with Crippen molar-refractivity contribution < 1.29 is 4.42 Å². The molecule has 0 saturated heterocycles. The quantitative estimate of drug-likeness (QED) is 0.743. The Morgan fingerprint density at radius 3 is 3.15 bits per heavy atom. The van der Waals surface area contributed by atoms with Gasteiger partial charge in [0.25, 0.3) is 0 Å². The molecule has 0 aliphatic rings. The Hall–Kier alpha value is -1.34. The summed E-state index contributed by atoms with van der Waals surface area (Å²) in [6.45, 7) is 2.69. The van der Waals surface area contributed by atoms with Gasteiger partial charge in [0.05, 0.1) is 25.2 Å². The van der Waals surface area contributed by atoms with Gasteiger partial charge in [0.2, 0.25) is 0 Å². The van der Waals surface area contributed by atoms with Gasteiger partial charge in [-0.05, 0) is 6.42 Å². The monoisotopic (exact) mass is 179 g/mol. The van der Waals surface area contributed by atoms with Gasteiger partial charge in [-0.15, -0.1) is 0 Å². The van der Waals surface area contributed by atoms with E-state index in [4.69, 9.17) is 9.68 Å². The second-order valence-corrected chi connectivity index (χ2v) is 2.82. The lowest BCUT2D eigenvalue weighted by molar-refractivity contribution is 0.437. The van der Waals surface area contributed by atoms with Crippen LogP contribution in [0.25, 0.3) is 0 Å². The highest BCUT2D eigenvalue weighted by Crippen LogP contribution is 2.00. The van der Waals surface area contributed by atoms with Gasteiger partial charge < -0.3 is 9.73 Å². The molecule has 4 nitrogen and oxygen atoms in total. The molecule has 0 amide bonds. The van der Waals surface area contributed by atoms with Gasteiger partial charge in [-0.3, -0.25) is 0 Å². The van der Waals surface area contributed by atoms with Crippen molar-refractivity contribution in [1.82, 2.24) is 10.3 Å². The summed E-state index contributed by atoms with van der Waals surface area (Å²) in [5.41, 5.74) is 0. The van der Waals surface area contributed by atoms with Gasteiger partial charge in [-0.2, -0.15) is 5.26 Å². The topological polar surface area (TPSA) is 61.9 Å². The van der Waals surface area contributed by atoms with Crippen LogP contribution in [0.2, 0.25) is 0 Å². The van der Waals surface area contributed by atoms with Gasteiger partial charge in [0, 0.05) is 6.04 Å². The molecule has 0 spiro atoms. The van der Waals surface area contributed by atoms with Gasteiger partial charge in [0.15, 0.2) is 6.39 Å². The minimum absolute atomic E-state index is 0.245. The third-order valence-corrected chi connectivity index (χ3v) is 1.88. The van der Waals surface area contributed by atoms with E-state index in [1.807, 2.05) is 0 Å². The number of aromatic nitrogens is 1. The highest BCUT2D eigenvalue weighted by Gasteiger charge is 2.05. The van der Waals surface area contributed by atoms with Crippen LogP contribution in [0.5, 0.6) is 0 Å². The smallest absolute Gasteiger partial charge is 0.180 e. The van der Waals surface area contributed by atoms with E-state index in [2.05, 4.69) is 23.3 Å². The lowest BCUT2D eigenvalue weighted by Crippen LogP contribution is -2.27. The highest BCUT2D eigenvalue weighted by atomic mass is 16.3. The zero-order valence-corrected chi connectivity index (χ0v) is 7.66. The van der Waals surface area contributed by atoms with Crippen LogP contribution < -0.4 is 5.32 Å². The summed E-state index contributed by atoms with van der Waals surface area (Å²) in [5, 5.41) is 11.7. The van der Waals surface area contributed by atoms with Crippen LogP contribution in [-0.2, 0) is 6.54 Å². The van der Waals surface area contributed by atoms with Crippen LogP contribution in [0.1, 0.15) is 25.5 Å². The average Bonchev–Trinajstić information content (AvgIpc) is 2.64. The number of nitrogens with one attached hydrogen (secondary N) is 1. The van der Waals surface area contributed by atoms with Crippen molar-refractivity contribution in [3.05, 3.63) is 18.4 Å². The number of hydrogen-bond acceptors (Lipinski definition) is 4. The Morgan fingerprint density at radius 1 is 1.77 bits per heavy atom. The molecular formula is C9H13N3O. The molecule has 0 aromatic carbocycles. The molecule has 1 heterocycles. The fraction of sp³-hybridized carbons (Fsp3) is 0.556. The maximum atomic E-state index is 8.50. The van der Waals surface area contributed by atoms with Crippen LogP contribution in [-0.4, -0.2) is 11.0 Å². The van der Waals surface area contributed by atoms with Crippen molar-refractivity contribution >= 4 is 0 Å². The van der Waals surface area contributed by atoms with Crippen molar-refractivity contribution in [2.45, 2.75) is 32.4 Å². The number of nitriles is 1. The minimum atomic E-state index is 0.245. The molecular weight excluding hydrogens is 166 g/mol. The molecule has 0 saturated carbocycles. The molecule has 1 atom stereocenters. The lowest BCUT2D eigenvalue weighted by Gasteiger charge is -2.11. The minimum Gasteiger partial charge on any atom is -0.447 e. The Labute approximate surface area is 77.6 Å².